The fraction of sp³-hybridized carbons (Fsp3) is 0.727. The molecule has 94 valence electrons. The SMILES string of the molecule is C=CC(=O)OCCC[SiH2]C(CC)(OC)OC. The number of rotatable bonds is 9. The van der Waals surface area contributed by atoms with Gasteiger partial charge < -0.3 is 14.2 Å². The quantitative estimate of drug-likeness (QED) is 0.200. The smallest absolute Gasteiger partial charge is 0.330 e. The van der Waals surface area contributed by atoms with Crippen molar-refractivity contribution in [2.24, 2.45) is 0 Å². The summed E-state index contributed by atoms with van der Waals surface area (Å²) in [4.78, 5) is 10.8. The second-order valence-electron chi connectivity index (χ2n) is 3.50. The summed E-state index contributed by atoms with van der Waals surface area (Å²) in [6.45, 7) is 5.84. The highest BCUT2D eigenvalue weighted by Crippen LogP contribution is 2.16. The minimum Gasteiger partial charge on any atom is -0.463 e. The molecule has 5 heteroatoms. The number of hydrogen-bond donors (Lipinski definition) is 0. The molecule has 0 aromatic carbocycles. The van der Waals surface area contributed by atoms with E-state index in [2.05, 4.69) is 13.5 Å². The van der Waals surface area contributed by atoms with Crippen LogP contribution in [-0.4, -0.2) is 41.7 Å². The van der Waals surface area contributed by atoms with Crippen LogP contribution in [0, 0.1) is 0 Å². The molecule has 16 heavy (non-hydrogen) atoms. The van der Waals surface area contributed by atoms with Gasteiger partial charge in [-0.3, -0.25) is 0 Å². The van der Waals surface area contributed by atoms with E-state index in [1.54, 1.807) is 14.2 Å². The highest BCUT2D eigenvalue weighted by Gasteiger charge is 2.26. The van der Waals surface area contributed by atoms with Crippen LogP contribution in [0.5, 0.6) is 0 Å². The molecule has 0 fully saturated rings. The van der Waals surface area contributed by atoms with E-state index in [0.717, 1.165) is 18.9 Å². The van der Waals surface area contributed by atoms with E-state index in [9.17, 15) is 4.79 Å². The summed E-state index contributed by atoms with van der Waals surface area (Å²) in [6, 6.07) is 1.03. The molecule has 0 atom stereocenters. The predicted octanol–water partition coefficient (Wildman–Crippen LogP) is 1.05. The molecule has 0 spiro atoms. The van der Waals surface area contributed by atoms with Crippen LogP contribution in [0.2, 0.25) is 6.04 Å². The molecule has 0 N–H and O–H groups in total. The molecule has 0 aliphatic heterocycles. The van der Waals surface area contributed by atoms with Crippen LogP contribution < -0.4 is 0 Å². The highest BCUT2D eigenvalue weighted by atomic mass is 28.2. The summed E-state index contributed by atoms with van der Waals surface area (Å²) < 4.78 is 15.7. The molecule has 0 heterocycles. The number of hydrogen-bond acceptors (Lipinski definition) is 4. The summed E-state index contributed by atoms with van der Waals surface area (Å²) >= 11 is 0. The summed E-state index contributed by atoms with van der Waals surface area (Å²) in [5, 5.41) is 0. The first-order chi connectivity index (χ1) is 7.64. The van der Waals surface area contributed by atoms with Crippen molar-refractivity contribution in [3.8, 4) is 0 Å². The number of methoxy groups -OCH3 is 2. The van der Waals surface area contributed by atoms with Gasteiger partial charge in [-0.15, -0.1) is 0 Å². The maximum absolute atomic E-state index is 10.8. The molecule has 0 aliphatic carbocycles. The number of esters is 1. The van der Waals surface area contributed by atoms with Crippen LogP contribution in [-0.2, 0) is 19.0 Å². The monoisotopic (exact) mass is 246 g/mol. The number of carbonyl (C=O) groups is 1. The van der Waals surface area contributed by atoms with E-state index >= 15 is 0 Å². The first-order valence-corrected chi connectivity index (χ1v) is 7.24. The molecule has 0 aromatic heterocycles. The van der Waals surface area contributed by atoms with Crippen molar-refractivity contribution in [3.05, 3.63) is 12.7 Å². The van der Waals surface area contributed by atoms with E-state index in [1.165, 1.54) is 6.08 Å². The largest absolute Gasteiger partial charge is 0.463 e. The van der Waals surface area contributed by atoms with Crippen molar-refractivity contribution in [1.29, 1.82) is 0 Å². The third-order valence-electron chi connectivity index (χ3n) is 2.65. The lowest BCUT2D eigenvalue weighted by Crippen LogP contribution is -2.39. The molecule has 0 aliphatic rings. The van der Waals surface area contributed by atoms with Gasteiger partial charge in [-0.1, -0.05) is 19.5 Å². The lowest BCUT2D eigenvalue weighted by Gasteiger charge is -2.29. The van der Waals surface area contributed by atoms with Crippen LogP contribution in [0.3, 0.4) is 0 Å². The van der Waals surface area contributed by atoms with E-state index < -0.39 is 9.52 Å². The van der Waals surface area contributed by atoms with Gasteiger partial charge in [0.2, 0.25) is 0 Å². The molecular weight excluding hydrogens is 224 g/mol. The van der Waals surface area contributed by atoms with Gasteiger partial charge in [0.1, 0.15) is 5.41 Å². The predicted molar refractivity (Wildman–Crippen MR) is 66.2 cm³/mol. The van der Waals surface area contributed by atoms with Crippen molar-refractivity contribution < 1.29 is 19.0 Å². The third-order valence-corrected chi connectivity index (χ3v) is 5.34. The lowest BCUT2D eigenvalue weighted by molar-refractivity contribution is -0.146. The fourth-order valence-electron chi connectivity index (χ4n) is 1.48. The van der Waals surface area contributed by atoms with Crippen LogP contribution in [0.4, 0.5) is 0 Å². The Kier molecular flexibility index (Phi) is 8.15. The van der Waals surface area contributed by atoms with Gasteiger partial charge in [-0.05, 0) is 12.8 Å². The molecular formula is C11H22O4Si. The molecule has 0 amide bonds. The topological polar surface area (TPSA) is 44.8 Å². The van der Waals surface area contributed by atoms with E-state index in [-0.39, 0.29) is 11.4 Å². The van der Waals surface area contributed by atoms with Crippen LogP contribution >= 0.6 is 0 Å². The van der Waals surface area contributed by atoms with Crippen molar-refractivity contribution in [1.82, 2.24) is 0 Å². The molecule has 0 bridgehead atoms. The Bertz CT molecular complexity index is 206. The maximum atomic E-state index is 10.8. The Morgan fingerprint density at radius 1 is 1.44 bits per heavy atom. The molecule has 0 rings (SSSR count). The van der Waals surface area contributed by atoms with Crippen molar-refractivity contribution >= 4 is 15.5 Å². The lowest BCUT2D eigenvalue weighted by atomic mass is 10.5. The Hall–Kier alpha value is -0.653. The van der Waals surface area contributed by atoms with E-state index in [1.807, 2.05) is 0 Å². The van der Waals surface area contributed by atoms with E-state index in [0.29, 0.717) is 6.61 Å². The molecule has 0 saturated heterocycles. The van der Waals surface area contributed by atoms with Crippen molar-refractivity contribution in [2.45, 2.75) is 31.2 Å². The Labute approximate surface area is 99.8 Å². The van der Waals surface area contributed by atoms with Gasteiger partial charge in [-0.25, -0.2) is 4.79 Å². The minimum atomic E-state index is -0.494. The van der Waals surface area contributed by atoms with Gasteiger partial charge in [0.05, 0.1) is 16.1 Å². The number of ether oxygens (including phenoxy) is 3. The minimum absolute atomic E-state index is 0.359. The van der Waals surface area contributed by atoms with Gasteiger partial charge in [0, 0.05) is 20.3 Å². The van der Waals surface area contributed by atoms with Gasteiger partial charge in [-0.2, -0.15) is 0 Å². The Morgan fingerprint density at radius 3 is 2.50 bits per heavy atom. The zero-order valence-corrected chi connectivity index (χ0v) is 11.9. The highest BCUT2D eigenvalue weighted by molar-refractivity contribution is 6.38. The second-order valence-corrected chi connectivity index (χ2v) is 5.79. The average molecular weight is 246 g/mol. The average Bonchev–Trinajstić information content (AvgIpc) is 2.34. The molecule has 0 unspecified atom stereocenters. The molecule has 0 aromatic rings. The van der Waals surface area contributed by atoms with Gasteiger partial charge in [0.15, 0.2) is 0 Å². The summed E-state index contributed by atoms with van der Waals surface area (Å²) in [5.41, 5.74) is -0.359. The van der Waals surface area contributed by atoms with Crippen molar-refractivity contribution in [2.75, 3.05) is 20.8 Å². The zero-order valence-electron chi connectivity index (χ0n) is 10.5. The van der Waals surface area contributed by atoms with Gasteiger partial charge >= 0.3 is 5.97 Å². The molecule has 0 saturated carbocycles. The summed E-state index contributed by atoms with van der Waals surface area (Å²) in [7, 11) is 2.86. The summed E-state index contributed by atoms with van der Waals surface area (Å²) in [5.74, 6) is -0.359. The Balaban J connectivity index is 3.71. The molecule has 0 radical (unpaired) electrons. The molecule has 4 nitrogen and oxygen atoms in total. The normalized spacial score (nSPS) is 11.9. The van der Waals surface area contributed by atoms with E-state index in [4.69, 9.17) is 14.2 Å². The number of carbonyl (C=O) groups excluding carboxylic acids is 1. The van der Waals surface area contributed by atoms with Crippen LogP contribution in [0.1, 0.15) is 19.8 Å². The fourth-order valence-corrected chi connectivity index (χ4v) is 3.24. The zero-order chi connectivity index (χ0) is 12.4. The third kappa shape index (κ3) is 5.44. The van der Waals surface area contributed by atoms with Crippen molar-refractivity contribution in [3.63, 3.8) is 0 Å². The second kappa shape index (κ2) is 8.49. The Morgan fingerprint density at radius 2 is 2.06 bits per heavy atom. The van der Waals surface area contributed by atoms with Crippen LogP contribution in [0.15, 0.2) is 12.7 Å². The first kappa shape index (κ1) is 15.3. The standard InChI is InChI=1S/C11H22O4Si/c1-5-10(12)15-8-7-9-16-11(6-2,13-3)14-4/h5H,1,6-9,16H2,2-4H3. The maximum Gasteiger partial charge on any atom is 0.330 e. The van der Waals surface area contributed by atoms with Crippen LogP contribution in [0.25, 0.3) is 0 Å². The first-order valence-electron chi connectivity index (χ1n) is 5.53. The summed E-state index contributed by atoms with van der Waals surface area (Å²) in [6.07, 6.45) is 2.90. The van der Waals surface area contributed by atoms with Gasteiger partial charge in [0.25, 0.3) is 0 Å².